The standard InChI is InChI=1S/C25H20F3N5O2/c1-15-13-18(35-23-19(7-4-11-30-23)21-10-12-31-24(29-2)33-21)8-9-20(15)32-22(34)16-5-3-6-17(14-16)25(26,27)28/h3-14H,1-2H3,(H,32,34)(H,29,31,33). The first-order valence-corrected chi connectivity index (χ1v) is 10.5. The molecule has 4 rings (SSSR count). The summed E-state index contributed by atoms with van der Waals surface area (Å²) in [6.07, 6.45) is -1.32. The number of rotatable bonds is 6. The second-order valence-electron chi connectivity index (χ2n) is 7.48. The van der Waals surface area contributed by atoms with Gasteiger partial charge in [-0.1, -0.05) is 6.07 Å². The molecule has 2 aromatic carbocycles. The first kappa shape index (κ1) is 23.7. The Kier molecular flexibility index (Phi) is 6.63. The van der Waals surface area contributed by atoms with Crippen molar-refractivity contribution in [3.63, 3.8) is 0 Å². The molecule has 2 N–H and O–H groups in total. The van der Waals surface area contributed by atoms with Gasteiger partial charge in [-0.2, -0.15) is 13.2 Å². The van der Waals surface area contributed by atoms with Gasteiger partial charge in [-0.15, -0.1) is 0 Å². The van der Waals surface area contributed by atoms with Crippen LogP contribution in [0.25, 0.3) is 11.3 Å². The number of carbonyl (C=O) groups is 1. The van der Waals surface area contributed by atoms with Crippen LogP contribution in [0, 0.1) is 6.92 Å². The van der Waals surface area contributed by atoms with E-state index < -0.39 is 17.6 Å². The molecule has 2 aromatic heterocycles. The van der Waals surface area contributed by atoms with Crippen molar-refractivity contribution in [2.45, 2.75) is 13.1 Å². The van der Waals surface area contributed by atoms with Gasteiger partial charge in [0.05, 0.1) is 16.8 Å². The SMILES string of the molecule is CNc1nccc(-c2cccnc2Oc2ccc(NC(=O)c3cccc(C(F)(F)F)c3)c(C)c2)n1. The Hall–Kier alpha value is -4.47. The summed E-state index contributed by atoms with van der Waals surface area (Å²) in [5, 5.41) is 5.53. The molecule has 0 aliphatic heterocycles. The first-order valence-electron chi connectivity index (χ1n) is 10.5. The summed E-state index contributed by atoms with van der Waals surface area (Å²) in [6.45, 7) is 1.75. The van der Waals surface area contributed by atoms with Gasteiger partial charge in [0, 0.05) is 30.7 Å². The number of nitrogens with one attached hydrogen (secondary N) is 2. The second kappa shape index (κ2) is 9.80. The molecule has 0 saturated heterocycles. The lowest BCUT2D eigenvalue weighted by Gasteiger charge is -2.13. The number of amides is 1. The zero-order valence-corrected chi connectivity index (χ0v) is 18.7. The van der Waals surface area contributed by atoms with E-state index in [-0.39, 0.29) is 5.56 Å². The van der Waals surface area contributed by atoms with Crippen LogP contribution >= 0.6 is 0 Å². The number of alkyl halides is 3. The van der Waals surface area contributed by atoms with Crippen molar-refractivity contribution in [1.29, 1.82) is 0 Å². The maximum absolute atomic E-state index is 13.0. The van der Waals surface area contributed by atoms with E-state index in [9.17, 15) is 18.0 Å². The fourth-order valence-corrected chi connectivity index (χ4v) is 3.28. The van der Waals surface area contributed by atoms with Gasteiger partial charge in [0.25, 0.3) is 5.91 Å². The quantitative estimate of drug-likeness (QED) is 0.355. The van der Waals surface area contributed by atoms with Gasteiger partial charge in [-0.05, 0) is 67.1 Å². The number of hydrogen-bond acceptors (Lipinski definition) is 6. The van der Waals surface area contributed by atoms with Crippen molar-refractivity contribution >= 4 is 17.5 Å². The molecule has 0 aliphatic carbocycles. The highest BCUT2D eigenvalue weighted by Gasteiger charge is 2.31. The summed E-state index contributed by atoms with van der Waals surface area (Å²) >= 11 is 0. The zero-order chi connectivity index (χ0) is 25.0. The summed E-state index contributed by atoms with van der Waals surface area (Å²) in [5.41, 5.74) is 1.39. The molecule has 0 aliphatic rings. The summed E-state index contributed by atoms with van der Waals surface area (Å²) in [6, 6.07) is 14.5. The molecule has 10 heteroatoms. The van der Waals surface area contributed by atoms with E-state index in [4.69, 9.17) is 4.74 Å². The molecule has 0 spiro atoms. The van der Waals surface area contributed by atoms with Crippen molar-refractivity contribution < 1.29 is 22.7 Å². The number of halogens is 3. The average Bonchev–Trinajstić information content (AvgIpc) is 2.85. The summed E-state index contributed by atoms with van der Waals surface area (Å²) in [7, 11) is 1.72. The Morgan fingerprint density at radius 3 is 2.54 bits per heavy atom. The molecular formula is C25H20F3N5O2. The summed E-state index contributed by atoms with van der Waals surface area (Å²) in [4.78, 5) is 25.4. The molecule has 0 fully saturated rings. The molecular weight excluding hydrogens is 459 g/mol. The number of aryl methyl sites for hydroxylation is 1. The number of ether oxygens (including phenoxy) is 1. The van der Waals surface area contributed by atoms with E-state index >= 15 is 0 Å². The highest BCUT2D eigenvalue weighted by Crippen LogP contribution is 2.33. The minimum atomic E-state index is -4.53. The molecule has 7 nitrogen and oxygen atoms in total. The molecule has 0 bridgehead atoms. The maximum atomic E-state index is 13.0. The largest absolute Gasteiger partial charge is 0.438 e. The molecule has 4 aromatic rings. The van der Waals surface area contributed by atoms with Crippen LogP contribution in [0.15, 0.2) is 73.1 Å². The fourth-order valence-electron chi connectivity index (χ4n) is 3.28. The fraction of sp³-hybridized carbons (Fsp3) is 0.120. The van der Waals surface area contributed by atoms with Crippen LogP contribution in [0.4, 0.5) is 24.8 Å². The van der Waals surface area contributed by atoms with Gasteiger partial charge in [-0.3, -0.25) is 4.79 Å². The highest BCUT2D eigenvalue weighted by atomic mass is 19.4. The van der Waals surface area contributed by atoms with Gasteiger partial charge in [0.2, 0.25) is 11.8 Å². The number of carbonyl (C=O) groups excluding carboxylic acids is 1. The third kappa shape index (κ3) is 5.55. The Balaban J connectivity index is 1.54. The Bertz CT molecular complexity index is 1380. The molecule has 0 radical (unpaired) electrons. The smallest absolute Gasteiger partial charge is 0.416 e. The van der Waals surface area contributed by atoms with Gasteiger partial charge in [-0.25, -0.2) is 15.0 Å². The van der Waals surface area contributed by atoms with E-state index in [2.05, 4.69) is 25.6 Å². The topological polar surface area (TPSA) is 89.0 Å². The van der Waals surface area contributed by atoms with Gasteiger partial charge in [0.1, 0.15) is 5.75 Å². The normalized spacial score (nSPS) is 11.1. The van der Waals surface area contributed by atoms with Crippen LogP contribution < -0.4 is 15.4 Å². The van der Waals surface area contributed by atoms with Crippen molar-refractivity contribution in [3.8, 4) is 22.9 Å². The Morgan fingerprint density at radius 1 is 0.971 bits per heavy atom. The lowest BCUT2D eigenvalue weighted by molar-refractivity contribution is -0.137. The molecule has 2 heterocycles. The summed E-state index contributed by atoms with van der Waals surface area (Å²) < 4.78 is 44.9. The van der Waals surface area contributed by atoms with E-state index in [0.29, 0.717) is 40.1 Å². The number of nitrogens with zero attached hydrogens (tertiary/aromatic N) is 3. The van der Waals surface area contributed by atoms with E-state index in [1.54, 1.807) is 56.7 Å². The van der Waals surface area contributed by atoms with Crippen molar-refractivity contribution in [2.75, 3.05) is 17.7 Å². The van der Waals surface area contributed by atoms with Crippen LogP contribution in [0.1, 0.15) is 21.5 Å². The van der Waals surface area contributed by atoms with Crippen LogP contribution in [-0.4, -0.2) is 27.9 Å². The lowest BCUT2D eigenvalue weighted by Crippen LogP contribution is -2.14. The number of anilines is 2. The van der Waals surface area contributed by atoms with E-state index in [1.165, 1.54) is 12.1 Å². The molecule has 1 amide bonds. The third-order valence-electron chi connectivity index (χ3n) is 5.04. The number of benzene rings is 2. The van der Waals surface area contributed by atoms with Gasteiger partial charge < -0.3 is 15.4 Å². The number of hydrogen-bond donors (Lipinski definition) is 2. The zero-order valence-electron chi connectivity index (χ0n) is 18.7. The second-order valence-corrected chi connectivity index (χ2v) is 7.48. The average molecular weight is 479 g/mol. The maximum Gasteiger partial charge on any atom is 0.416 e. The van der Waals surface area contributed by atoms with Crippen molar-refractivity contribution in [2.24, 2.45) is 0 Å². The third-order valence-corrected chi connectivity index (χ3v) is 5.04. The first-order chi connectivity index (χ1) is 16.7. The molecule has 35 heavy (non-hydrogen) atoms. The van der Waals surface area contributed by atoms with Crippen LogP contribution in [0.2, 0.25) is 0 Å². The molecule has 0 saturated carbocycles. The van der Waals surface area contributed by atoms with Crippen LogP contribution in [0.3, 0.4) is 0 Å². The summed E-state index contributed by atoms with van der Waals surface area (Å²) in [5.74, 6) is 0.591. The monoisotopic (exact) mass is 479 g/mol. The lowest BCUT2D eigenvalue weighted by atomic mass is 10.1. The van der Waals surface area contributed by atoms with Gasteiger partial charge >= 0.3 is 6.18 Å². The molecule has 178 valence electrons. The van der Waals surface area contributed by atoms with E-state index in [0.717, 1.165) is 12.1 Å². The minimum Gasteiger partial charge on any atom is -0.438 e. The van der Waals surface area contributed by atoms with Crippen LogP contribution in [0.5, 0.6) is 11.6 Å². The molecule has 0 unspecified atom stereocenters. The van der Waals surface area contributed by atoms with Gasteiger partial charge in [0.15, 0.2) is 0 Å². The Morgan fingerprint density at radius 2 is 1.80 bits per heavy atom. The van der Waals surface area contributed by atoms with Crippen molar-refractivity contribution in [1.82, 2.24) is 15.0 Å². The van der Waals surface area contributed by atoms with Crippen molar-refractivity contribution in [3.05, 3.63) is 89.7 Å². The predicted molar refractivity (Wildman–Crippen MR) is 125 cm³/mol. The highest BCUT2D eigenvalue weighted by molar-refractivity contribution is 6.04. The number of aromatic nitrogens is 3. The molecule has 0 atom stereocenters. The minimum absolute atomic E-state index is 0.0940. The Labute approximate surface area is 199 Å². The van der Waals surface area contributed by atoms with Crippen LogP contribution in [-0.2, 0) is 6.18 Å². The number of pyridine rings is 1. The van der Waals surface area contributed by atoms with E-state index in [1.807, 2.05) is 6.07 Å². The predicted octanol–water partition coefficient (Wildman–Crippen LogP) is 5.95.